The summed E-state index contributed by atoms with van der Waals surface area (Å²) in [5.74, 6) is 6.58. The molecule has 1 heterocycles. The van der Waals surface area contributed by atoms with E-state index in [-0.39, 0.29) is 6.04 Å². The van der Waals surface area contributed by atoms with E-state index in [1.165, 1.54) is 38.5 Å². The summed E-state index contributed by atoms with van der Waals surface area (Å²) in [7, 11) is 0. The minimum atomic E-state index is 0.108. The van der Waals surface area contributed by atoms with Gasteiger partial charge < -0.3 is 0 Å². The van der Waals surface area contributed by atoms with Gasteiger partial charge in [0.05, 0.1) is 23.0 Å². The Hall–Kier alpha value is -0.580. The van der Waals surface area contributed by atoms with Crippen molar-refractivity contribution in [3.8, 4) is 0 Å². The summed E-state index contributed by atoms with van der Waals surface area (Å²) < 4.78 is 1.94. The lowest BCUT2D eigenvalue weighted by molar-refractivity contribution is 0.311. The number of nitrogens with one attached hydrogen (secondary N) is 1. The molecular weight excluding hydrogens is 260 g/mol. The monoisotopic (exact) mass is 284 g/mol. The van der Waals surface area contributed by atoms with Crippen molar-refractivity contribution >= 4 is 11.6 Å². The maximum atomic E-state index is 6.24. The van der Waals surface area contributed by atoms with Gasteiger partial charge in [0.1, 0.15) is 0 Å². The van der Waals surface area contributed by atoms with Gasteiger partial charge in [-0.3, -0.25) is 16.0 Å². The molecule has 2 rings (SSSR count). The molecule has 0 aromatic carbocycles. The van der Waals surface area contributed by atoms with E-state index in [1.54, 1.807) is 6.20 Å². The molecule has 1 aliphatic carbocycles. The number of hydrazine groups is 1. The van der Waals surface area contributed by atoms with Gasteiger partial charge in [-0.1, -0.05) is 43.7 Å². The number of hydrogen-bond acceptors (Lipinski definition) is 3. The van der Waals surface area contributed by atoms with Crippen molar-refractivity contribution in [2.45, 2.75) is 64.5 Å². The van der Waals surface area contributed by atoms with Crippen molar-refractivity contribution < 1.29 is 0 Å². The van der Waals surface area contributed by atoms with Crippen LogP contribution in [0.15, 0.2) is 6.20 Å². The van der Waals surface area contributed by atoms with Gasteiger partial charge in [-0.15, -0.1) is 0 Å². The Labute approximate surface area is 120 Å². The second-order valence-electron chi connectivity index (χ2n) is 5.49. The van der Waals surface area contributed by atoms with Gasteiger partial charge >= 0.3 is 0 Å². The standard InChI is InChI=1S/C14H25ClN4/c1-2-19-14(12(15)10-17-19)13(18-16)9-8-11-6-4-3-5-7-11/h10-11,13,18H,2-9,16H2,1H3. The summed E-state index contributed by atoms with van der Waals surface area (Å²) in [6.45, 7) is 2.89. The molecular formula is C14H25ClN4. The third-order valence-electron chi connectivity index (χ3n) is 4.25. The molecule has 4 nitrogen and oxygen atoms in total. The van der Waals surface area contributed by atoms with Gasteiger partial charge in [0.25, 0.3) is 0 Å². The highest BCUT2D eigenvalue weighted by molar-refractivity contribution is 6.31. The van der Waals surface area contributed by atoms with Gasteiger partial charge in [0.15, 0.2) is 0 Å². The maximum Gasteiger partial charge on any atom is 0.0834 e. The Morgan fingerprint density at radius 1 is 1.47 bits per heavy atom. The molecule has 1 atom stereocenters. The van der Waals surface area contributed by atoms with E-state index < -0.39 is 0 Å². The van der Waals surface area contributed by atoms with Crippen LogP contribution in [0, 0.1) is 5.92 Å². The molecule has 1 aliphatic rings. The smallest absolute Gasteiger partial charge is 0.0834 e. The quantitative estimate of drug-likeness (QED) is 0.622. The Balaban J connectivity index is 1.97. The van der Waals surface area contributed by atoms with Gasteiger partial charge in [-0.05, 0) is 25.7 Å². The van der Waals surface area contributed by atoms with Crippen LogP contribution in [0.3, 0.4) is 0 Å². The van der Waals surface area contributed by atoms with Crippen molar-refractivity contribution in [3.05, 3.63) is 16.9 Å². The average molecular weight is 285 g/mol. The molecule has 5 heteroatoms. The molecule has 0 amide bonds. The second kappa shape index (κ2) is 7.27. The number of rotatable bonds is 6. The molecule has 0 spiro atoms. The zero-order valence-corrected chi connectivity index (χ0v) is 12.5. The molecule has 0 aliphatic heterocycles. The Kier molecular flexibility index (Phi) is 5.67. The number of hydrogen-bond donors (Lipinski definition) is 2. The van der Waals surface area contributed by atoms with Crippen LogP contribution >= 0.6 is 11.6 Å². The summed E-state index contributed by atoms with van der Waals surface area (Å²) in [6.07, 6.45) is 10.9. The zero-order chi connectivity index (χ0) is 13.7. The third-order valence-corrected chi connectivity index (χ3v) is 4.54. The lowest BCUT2D eigenvalue weighted by Gasteiger charge is -2.24. The molecule has 108 valence electrons. The maximum absolute atomic E-state index is 6.24. The minimum Gasteiger partial charge on any atom is -0.271 e. The van der Waals surface area contributed by atoms with E-state index in [2.05, 4.69) is 17.4 Å². The molecule has 1 unspecified atom stereocenters. The number of nitrogens with zero attached hydrogens (tertiary/aromatic N) is 2. The molecule has 1 aromatic heterocycles. The molecule has 1 aromatic rings. The summed E-state index contributed by atoms with van der Waals surface area (Å²) >= 11 is 6.24. The summed E-state index contributed by atoms with van der Waals surface area (Å²) in [5, 5.41) is 5.00. The first-order valence-corrected chi connectivity index (χ1v) is 7.81. The van der Waals surface area contributed by atoms with Crippen LogP contribution in [0.25, 0.3) is 0 Å². The van der Waals surface area contributed by atoms with E-state index >= 15 is 0 Å². The fourth-order valence-corrected chi connectivity index (χ4v) is 3.42. The van der Waals surface area contributed by atoms with Crippen molar-refractivity contribution in [2.75, 3.05) is 0 Å². The van der Waals surface area contributed by atoms with Gasteiger partial charge in [-0.25, -0.2) is 0 Å². The predicted octanol–water partition coefficient (Wildman–Crippen LogP) is 3.42. The van der Waals surface area contributed by atoms with Crippen LogP contribution in [0.4, 0.5) is 0 Å². The van der Waals surface area contributed by atoms with Crippen molar-refractivity contribution in [3.63, 3.8) is 0 Å². The van der Waals surface area contributed by atoms with E-state index in [0.717, 1.165) is 24.6 Å². The highest BCUT2D eigenvalue weighted by Gasteiger charge is 2.21. The second-order valence-corrected chi connectivity index (χ2v) is 5.90. The van der Waals surface area contributed by atoms with Crippen LogP contribution < -0.4 is 11.3 Å². The molecule has 19 heavy (non-hydrogen) atoms. The lowest BCUT2D eigenvalue weighted by atomic mass is 9.85. The summed E-state index contributed by atoms with van der Waals surface area (Å²) in [4.78, 5) is 0. The van der Waals surface area contributed by atoms with Gasteiger partial charge in [0, 0.05) is 6.54 Å². The van der Waals surface area contributed by atoms with Gasteiger partial charge in [0.2, 0.25) is 0 Å². The van der Waals surface area contributed by atoms with Crippen molar-refractivity contribution in [1.82, 2.24) is 15.2 Å². The van der Waals surface area contributed by atoms with Gasteiger partial charge in [-0.2, -0.15) is 5.10 Å². The zero-order valence-electron chi connectivity index (χ0n) is 11.7. The first-order valence-electron chi connectivity index (χ1n) is 7.43. The number of aryl methyl sites for hydroxylation is 1. The van der Waals surface area contributed by atoms with Crippen LogP contribution in [-0.4, -0.2) is 9.78 Å². The van der Waals surface area contributed by atoms with E-state index in [0.29, 0.717) is 5.02 Å². The van der Waals surface area contributed by atoms with Crippen molar-refractivity contribution in [2.24, 2.45) is 11.8 Å². The summed E-state index contributed by atoms with van der Waals surface area (Å²) in [5.41, 5.74) is 3.94. The van der Waals surface area contributed by atoms with Crippen molar-refractivity contribution in [1.29, 1.82) is 0 Å². The first kappa shape index (κ1) is 14.8. The largest absolute Gasteiger partial charge is 0.271 e. The number of nitrogens with two attached hydrogens (primary N) is 1. The molecule has 1 fully saturated rings. The number of halogens is 1. The normalized spacial score (nSPS) is 18.7. The predicted molar refractivity (Wildman–Crippen MR) is 78.8 cm³/mol. The topological polar surface area (TPSA) is 55.9 Å². The molecule has 0 saturated heterocycles. The molecule has 3 N–H and O–H groups in total. The third kappa shape index (κ3) is 3.71. The first-order chi connectivity index (χ1) is 9.26. The van der Waals surface area contributed by atoms with E-state index in [4.69, 9.17) is 17.4 Å². The molecule has 1 saturated carbocycles. The fraction of sp³-hybridized carbons (Fsp3) is 0.786. The lowest BCUT2D eigenvalue weighted by Crippen LogP contribution is -2.30. The summed E-state index contributed by atoms with van der Waals surface area (Å²) in [6, 6.07) is 0.108. The fourth-order valence-electron chi connectivity index (χ4n) is 3.15. The highest BCUT2D eigenvalue weighted by atomic mass is 35.5. The Bertz CT molecular complexity index is 385. The van der Waals surface area contributed by atoms with E-state index in [9.17, 15) is 0 Å². The molecule has 0 radical (unpaired) electrons. The van der Waals surface area contributed by atoms with Crippen LogP contribution in [0.5, 0.6) is 0 Å². The minimum absolute atomic E-state index is 0.108. The van der Waals surface area contributed by atoms with Crippen LogP contribution in [0.2, 0.25) is 5.02 Å². The average Bonchev–Trinajstić information content (AvgIpc) is 2.82. The Morgan fingerprint density at radius 3 is 2.84 bits per heavy atom. The van der Waals surface area contributed by atoms with Crippen LogP contribution in [0.1, 0.15) is 63.6 Å². The van der Waals surface area contributed by atoms with Crippen LogP contribution in [-0.2, 0) is 6.54 Å². The molecule has 0 bridgehead atoms. The van der Waals surface area contributed by atoms with E-state index in [1.807, 2.05) is 4.68 Å². The highest BCUT2D eigenvalue weighted by Crippen LogP contribution is 2.32. The Morgan fingerprint density at radius 2 is 2.21 bits per heavy atom. The number of aromatic nitrogens is 2. The SMILES string of the molecule is CCn1ncc(Cl)c1C(CCC1CCCCC1)NN.